The Labute approximate surface area is 112 Å². The molecule has 0 unspecified atom stereocenters. The number of carbonyl (C=O) groups excluding carboxylic acids is 1. The van der Waals surface area contributed by atoms with Gasteiger partial charge in [-0.25, -0.2) is 0 Å². The molecule has 1 N–H and O–H groups in total. The van der Waals surface area contributed by atoms with Crippen molar-refractivity contribution < 1.29 is 13.9 Å². The number of ether oxygens (including phenoxy) is 1. The van der Waals surface area contributed by atoms with Gasteiger partial charge in [0.15, 0.2) is 6.61 Å². The summed E-state index contributed by atoms with van der Waals surface area (Å²) < 4.78 is 10.8. The van der Waals surface area contributed by atoms with E-state index in [2.05, 4.69) is 5.32 Å². The number of hydrogen-bond acceptors (Lipinski definition) is 3. The monoisotopic (exact) mass is 259 g/mol. The predicted molar refractivity (Wildman–Crippen MR) is 72.0 cm³/mol. The minimum absolute atomic E-state index is 0.00312. The van der Waals surface area contributed by atoms with E-state index in [1.807, 2.05) is 50.2 Å². The van der Waals surface area contributed by atoms with Gasteiger partial charge in [-0.15, -0.1) is 0 Å². The maximum atomic E-state index is 11.6. The third-order valence-electron chi connectivity index (χ3n) is 2.62. The van der Waals surface area contributed by atoms with Gasteiger partial charge in [-0.1, -0.05) is 12.1 Å². The smallest absolute Gasteiger partial charge is 0.258 e. The summed E-state index contributed by atoms with van der Waals surface area (Å²) in [5, 5.41) is 2.74. The molecule has 1 amide bonds. The summed E-state index contributed by atoms with van der Waals surface area (Å²) in [6.07, 6.45) is 0. The van der Waals surface area contributed by atoms with E-state index in [1.165, 1.54) is 0 Å². The van der Waals surface area contributed by atoms with Crippen molar-refractivity contribution in [3.8, 4) is 5.75 Å². The Morgan fingerprint density at radius 3 is 2.79 bits per heavy atom. The zero-order valence-electron chi connectivity index (χ0n) is 11.1. The number of nitrogens with one attached hydrogen (secondary N) is 1. The molecule has 100 valence electrons. The van der Waals surface area contributed by atoms with Crippen LogP contribution in [0.15, 0.2) is 40.8 Å². The van der Waals surface area contributed by atoms with Crippen molar-refractivity contribution >= 4 is 5.91 Å². The first-order chi connectivity index (χ1) is 9.13. The van der Waals surface area contributed by atoms with Gasteiger partial charge >= 0.3 is 0 Å². The fraction of sp³-hybridized carbons (Fsp3) is 0.267. The lowest BCUT2D eigenvalue weighted by Gasteiger charge is -2.07. The van der Waals surface area contributed by atoms with Crippen LogP contribution in [0.25, 0.3) is 0 Å². The second-order valence-electron chi connectivity index (χ2n) is 4.39. The molecule has 0 aliphatic heterocycles. The van der Waals surface area contributed by atoms with E-state index in [9.17, 15) is 4.79 Å². The zero-order valence-corrected chi connectivity index (χ0v) is 11.1. The van der Waals surface area contributed by atoms with E-state index in [1.54, 1.807) is 0 Å². The maximum Gasteiger partial charge on any atom is 0.258 e. The van der Waals surface area contributed by atoms with Crippen LogP contribution in [0.5, 0.6) is 5.75 Å². The summed E-state index contributed by atoms with van der Waals surface area (Å²) in [4.78, 5) is 11.6. The van der Waals surface area contributed by atoms with E-state index >= 15 is 0 Å². The molecule has 0 aliphatic carbocycles. The average Bonchev–Trinajstić information content (AvgIpc) is 2.80. The normalized spacial score (nSPS) is 10.2. The molecule has 0 bridgehead atoms. The average molecular weight is 259 g/mol. The van der Waals surface area contributed by atoms with Gasteiger partial charge in [0, 0.05) is 0 Å². The van der Waals surface area contributed by atoms with Crippen LogP contribution in [0.3, 0.4) is 0 Å². The second kappa shape index (κ2) is 6.09. The van der Waals surface area contributed by atoms with Gasteiger partial charge < -0.3 is 14.5 Å². The number of rotatable bonds is 5. The molecule has 0 aliphatic rings. The fourth-order valence-electron chi connectivity index (χ4n) is 1.67. The Balaban J connectivity index is 1.75. The Kier molecular flexibility index (Phi) is 4.23. The van der Waals surface area contributed by atoms with Crippen molar-refractivity contribution in [2.45, 2.75) is 20.4 Å². The van der Waals surface area contributed by atoms with E-state index < -0.39 is 0 Å². The van der Waals surface area contributed by atoms with E-state index in [0.29, 0.717) is 12.3 Å². The first-order valence-corrected chi connectivity index (χ1v) is 6.15. The number of hydrogen-bond donors (Lipinski definition) is 1. The summed E-state index contributed by atoms with van der Waals surface area (Å²) >= 11 is 0. The van der Waals surface area contributed by atoms with Crippen LogP contribution in [-0.4, -0.2) is 12.5 Å². The van der Waals surface area contributed by atoms with Crippen LogP contribution in [0.4, 0.5) is 0 Å². The SMILES string of the molecule is Cc1cccc(OCC(=O)NCc2ccc(C)o2)c1. The molecule has 0 atom stereocenters. The van der Waals surface area contributed by atoms with Gasteiger partial charge in [-0.2, -0.15) is 0 Å². The first kappa shape index (κ1) is 13.2. The van der Waals surface area contributed by atoms with Gasteiger partial charge in [0.2, 0.25) is 0 Å². The summed E-state index contributed by atoms with van der Waals surface area (Å²) in [6.45, 7) is 4.23. The van der Waals surface area contributed by atoms with Gasteiger partial charge in [-0.05, 0) is 43.7 Å². The van der Waals surface area contributed by atoms with Crippen molar-refractivity contribution in [3.05, 3.63) is 53.5 Å². The number of aryl methyl sites for hydroxylation is 2. The van der Waals surface area contributed by atoms with Crippen LogP contribution >= 0.6 is 0 Å². The lowest BCUT2D eigenvalue weighted by molar-refractivity contribution is -0.123. The maximum absolute atomic E-state index is 11.6. The third-order valence-corrected chi connectivity index (χ3v) is 2.62. The van der Waals surface area contributed by atoms with Crippen molar-refractivity contribution in [3.63, 3.8) is 0 Å². The number of benzene rings is 1. The van der Waals surface area contributed by atoms with Crippen molar-refractivity contribution in [2.75, 3.05) is 6.61 Å². The molecule has 4 nitrogen and oxygen atoms in total. The molecule has 0 saturated carbocycles. The summed E-state index contributed by atoms with van der Waals surface area (Å²) in [6, 6.07) is 11.3. The molecule has 4 heteroatoms. The highest BCUT2D eigenvalue weighted by atomic mass is 16.5. The molecule has 2 aromatic rings. The summed E-state index contributed by atoms with van der Waals surface area (Å²) in [7, 11) is 0. The molecule has 1 heterocycles. The Hall–Kier alpha value is -2.23. The number of amides is 1. The first-order valence-electron chi connectivity index (χ1n) is 6.15. The molecular formula is C15H17NO3. The van der Waals surface area contributed by atoms with Crippen molar-refractivity contribution in [2.24, 2.45) is 0 Å². The highest BCUT2D eigenvalue weighted by Crippen LogP contribution is 2.12. The highest BCUT2D eigenvalue weighted by molar-refractivity contribution is 5.77. The van der Waals surface area contributed by atoms with Crippen LogP contribution < -0.4 is 10.1 Å². The molecule has 1 aromatic heterocycles. The molecule has 1 aromatic carbocycles. The van der Waals surface area contributed by atoms with Crippen molar-refractivity contribution in [1.29, 1.82) is 0 Å². The van der Waals surface area contributed by atoms with Gasteiger partial charge in [0.1, 0.15) is 17.3 Å². The van der Waals surface area contributed by atoms with Gasteiger partial charge in [-0.3, -0.25) is 4.79 Å². The van der Waals surface area contributed by atoms with Gasteiger partial charge in [0.25, 0.3) is 5.91 Å². The van der Waals surface area contributed by atoms with Gasteiger partial charge in [0.05, 0.1) is 6.54 Å². The minimum Gasteiger partial charge on any atom is -0.484 e. The van der Waals surface area contributed by atoms with Crippen LogP contribution in [0.2, 0.25) is 0 Å². The Morgan fingerprint density at radius 2 is 2.11 bits per heavy atom. The minimum atomic E-state index is -0.171. The van der Waals surface area contributed by atoms with E-state index in [4.69, 9.17) is 9.15 Å². The van der Waals surface area contributed by atoms with Crippen LogP contribution in [0, 0.1) is 13.8 Å². The lowest BCUT2D eigenvalue weighted by Crippen LogP contribution is -2.28. The third kappa shape index (κ3) is 4.17. The predicted octanol–water partition coefficient (Wildman–Crippen LogP) is 2.59. The largest absolute Gasteiger partial charge is 0.484 e. The molecule has 0 radical (unpaired) electrons. The molecular weight excluding hydrogens is 242 g/mol. The molecule has 0 spiro atoms. The van der Waals surface area contributed by atoms with E-state index in [0.717, 1.165) is 17.1 Å². The topological polar surface area (TPSA) is 51.5 Å². The standard InChI is InChI=1S/C15H17NO3/c1-11-4-3-5-13(8-11)18-10-15(17)16-9-14-7-6-12(2)19-14/h3-8H,9-10H2,1-2H3,(H,16,17). The molecule has 2 rings (SSSR count). The molecule has 19 heavy (non-hydrogen) atoms. The quantitative estimate of drug-likeness (QED) is 0.898. The lowest BCUT2D eigenvalue weighted by atomic mass is 10.2. The fourth-order valence-corrected chi connectivity index (χ4v) is 1.67. The zero-order chi connectivity index (χ0) is 13.7. The summed E-state index contributed by atoms with van der Waals surface area (Å²) in [5.41, 5.74) is 1.10. The Bertz CT molecular complexity index is 560. The van der Waals surface area contributed by atoms with Crippen molar-refractivity contribution in [1.82, 2.24) is 5.32 Å². The molecule has 0 fully saturated rings. The van der Waals surface area contributed by atoms with E-state index in [-0.39, 0.29) is 12.5 Å². The second-order valence-corrected chi connectivity index (χ2v) is 4.39. The highest BCUT2D eigenvalue weighted by Gasteiger charge is 2.04. The molecule has 0 saturated heterocycles. The van der Waals surface area contributed by atoms with Crippen LogP contribution in [-0.2, 0) is 11.3 Å². The number of carbonyl (C=O) groups is 1. The van der Waals surface area contributed by atoms with Crippen LogP contribution in [0.1, 0.15) is 17.1 Å². The summed E-state index contributed by atoms with van der Waals surface area (Å²) in [5.74, 6) is 2.10. The Morgan fingerprint density at radius 1 is 1.26 bits per heavy atom. The number of furan rings is 1.